The highest BCUT2D eigenvalue weighted by Crippen LogP contribution is 2.30. The number of nitrogens with one attached hydrogen (secondary N) is 1. The van der Waals surface area contributed by atoms with Crippen LogP contribution in [0.3, 0.4) is 0 Å². The lowest BCUT2D eigenvalue weighted by atomic mass is 10.1. The van der Waals surface area contributed by atoms with Crippen LogP contribution in [0.15, 0.2) is 47.4 Å². The van der Waals surface area contributed by atoms with E-state index in [0.717, 1.165) is 37.9 Å². The summed E-state index contributed by atoms with van der Waals surface area (Å²) in [4.78, 5) is 14.1. The first-order chi connectivity index (χ1) is 12.9. The summed E-state index contributed by atoms with van der Waals surface area (Å²) in [5, 5.41) is 0. The Morgan fingerprint density at radius 2 is 1.70 bits per heavy atom. The second-order valence-corrected chi connectivity index (χ2v) is 8.34. The van der Waals surface area contributed by atoms with Crippen LogP contribution >= 0.6 is 0 Å². The third kappa shape index (κ3) is 4.42. The van der Waals surface area contributed by atoms with E-state index in [2.05, 4.69) is 9.62 Å². The summed E-state index contributed by atoms with van der Waals surface area (Å²) < 4.78 is 33.6. The van der Waals surface area contributed by atoms with Crippen LogP contribution in [0.25, 0.3) is 0 Å². The number of aryl methyl sites for hydroxylation is 1. The van der Waals surface area contributed by atoms with Gasteiger partial charge in [-0.3, -0.25) is 4.72 Å². The minimum Gasteiger partial charge on any atom is -0.465 e. The molecule has 144 valence electrons. The van der Waals surface area contributed by atoms with Crippen molar-refractivity contribution in [1.29, 1.82) is 0 Å². The molecule has 0 atom stereocenters. The van der Waals surface area contributed by atoms with Crippen LogP contribution in [0.2, 0.25) is 0 Å². The van der Waals surface area contributed by atoms with Gasteiger partial charge in [0, 0.05) is 18.8 Å². The zero-order valence-corrected chi connectivity index (χ0v) is 16.4. The highest BCUT2D eigenvalue weighted by molar-refractivity contribution is 7.92. The van der Waals surface area contributed by atoms with E-state index in [1.807, 2.05) is 19.1 Å². The number of rotatable bonds is 5. The number of esters is 1. The van der Waals surface area contributed by atoms with E-state index >= 15 is 0 Å². The van der Waals surface area contributed by atoms with Gasteiger partial charge in [0.05, 0.1) is 18.4 Å². The Morgan fingerprint density at radius 3 is 2.33 bits per heavy atom. The zero-order valence-electron chi connectivity index (χ0n) is 15.6. The normalized spacial score (nSPS) is 14.7. The first-order valence-electron chi connectivity index (χ1n) is 8.97. The molecular weight excluding hydrogens is 364 g/mol. The van der Waals surface area contributed by atoms with Crippen molar-refractivity contribution in [3.8, 4) is 0 Å². The molecule has 0 spiro atoms. The Morgan fingerprint density at radius 1 is 1.04 bits per heavy atom. The van der Waals surface area contributed by atoms with Gasteiger partial charge >= 0.3 is 5.97 Å². The summed E-state index contributed by atoms with van der Waals surface area (Å²) in [6.07, 6.45) is 3.17. The smallest absolute Gasteiger partial charge is 0.337 e. The Balaban J connectivity index is 2.03. The van der Waals surface area contributed by atoms with Crippen molar-refractivity contribution in [2.45, 2.75) is 31.1 Å². The highest BCUT2D eigenvalue weighted by atomic mass is 32.2. The number of benzene rings is 2. The average Bonchev–Trinajstić information content (AvgIpc) is 2.69. The molecule has 2 aromatic carbocycles. The van der Waals surface area contributed by atoms with Gasteiger partial charge in [0.1, 0.15) is 4.90 Å². The van der Waals surface area contributed by atoms with Gasteiger partial charge in [0.25, 0.3) is 10.0 Å². The van der Waals surface area contributed by atoms with Gasteiger partial charge < -0.3 is 9.64 Å². The molecule has 0 amide bonds. The lowest BCUT2D eigenvalue weighted by Crippen LogP contribution is -2.31. The summed E-state index contributed by atoms with van der Waals surface area (Å²) in [5.41, 5.74) is 2.35. The molecule has 0 aliphatic carbocycles. The summed E-state index contributed by atoms with van der Waals surface area (Å²) in [5.74, 6) is -0.563. The number of nitrogens with zero attached hydrogens (tertiary/aromatic N) is 1. The molecule has 0 bridgehead atoms. The van der Waals surface area contributed by atoms with E-state index in [4.69, 9.17) is 4.74 Å². The van der Waals surface area contributed by atoms with Crippen molar-refractivity contribution in [2.24, 2.45) is 0 Å². The fraction of sp³-hybridized carbons (Fsp3) is 0.350. The van der Waals surface area contributed by atoms with Gasteiger partial charge in [-0.2, -0.15) is 0 Å². The number of carbonyl (C=O) groups is 1. The maximum Gasteiger partial charge on any atom is 0.337 e. The number of sulfonamides is 1. The Labute approximate surface area is 160 Å². The highest BCUT2D eigenvalue weighted by Gasteiger charge is 2.25. The summed E-state index contributed by atoms with van der Waals surface area (Å²) in [6.45, 7) is 3.53. The maximum absolute atomic E-state index is 13.1. The Kier molecular flexibility index (Phi) is 5.70. The first kappa shape index (κ1) is 19.2. The van der Waals surface area contributed by atoms with E-state index in [0.29, 0.717) is 11.4 Å². The van der Waals surface area contributed by atoms with Crippen LogP contribution in [0.1, 0.15) is 35.2 Å². The van der Waals surface area contributed by atoms with Crippen LogP contribution in [0, 0.1) is 6.92 Å². The minimum atomic E-state index is -3.87. The molecule has 1 N–H and O–H groups in total. The van der Waals surface area contributed by atoms with E-state index < -0.39 is 16.0 Å². The molecule has 0 aromatic heterocycles. The quantitative estimate of drug-likeness (QED) is 0.793. The van der Waals surface area contributed by atoms with E-state index in [1.165, 1.54) is 13.2 Å². The van der Waals surface area contributed by atoms with Crippen molar-refractivity contribution in [1.82, 2.24) is 0 Å². The topological polar surface area (TPSA) is 75.7 Å². The van der Waals surface area contributed by atoms with Crippen molar-refractivity contribution in [2.75, 3.05) is 29.8 Å². The molecule has 7 heteroatoms. The first-order valence-corrected chi connectivity index (χ1v) is 10.5. The lowest BCUT2D eigenvalue weighted by Gasteiger charge is -2.30. The lowest BCUT2D eigenvalue weighted by molar-refractivity contribution is 0.0600. The SMILES string of the molecule is COC(=O)c1ccc(N2CCCCC2)c(S(=O)(=O)Nc2ccc(C)cc2)c1. The van der Waals surface area contributed by atoms with Crippen molar-refractivity contribution in [3.05, 3.63) is 53.6 Å². The van der Waals surface area contributed by atoms with Gasteiger partial charge in [-0.15, -0.1) is 0 Å². The molecular formula is C20H24N2O4S. The van der Waals surface area contributed by atoms with Gasteiger partial charge in [-0.1, -0.05) is 17.7 Å². The van der Waals surface area contributed by atoms with Crippen LogP contribution in [0.5, 0.6) is 0 Å². The third-order valence-electron chi connectivity index (χ3n) is 4.67. The molecule has 0 radical (unpaired) electrons. The largest absolute Gasteiger partial charge is 0.465 e. The van der Waals surface area contributed by atoms with Crippen LogP contribution < -0.4 is 9.62 Å². The average molecular weight is 388 g/mol. The van der Waals surface area contributed by atoms with E-state index in [1.54, 1.807) is 24.3 Å². The monoisotopic (exact) mass is 388 g/mol. The molecule has 0 unspecified atom stereocenters. The second-order valence-electron chi connectivity index (χ2n) is 6.69. The summed E-state index contributed by atoms with van der Waals surface area (Å²) in [7, 11) is -2.59. The van der Waals surface area contributed by atoms with Gasteiger partial charge in [0.15, 0.2) is 0 Å². The number of hydrogen-bond donors (Lipinski definition) is 1. The molecule has 2 aromatic rings. The fourth-order valence-corrected chi connectivity index (χ4v) is 4.51. The van der Waals surface area contributed by atoms with Crippen LogP contribution in [0.4, 0.5) is 11.4 Å². The standard InChI is InChI=1S/C20H24N2O4S/c1-15-6-9-17(10-7-15)21-27(24,25)19-14-16(20(23)26-2)8-11-18(19)22-12-4-3-5-13-22/h6-11,14,21H,3-5,12-13H2,1-2H3. The summed E-state index contributed by atoms with van der Waals surface area (Å²) >= 11 is 0. The van der Waals surface area contributed by atoms with Crippen molar-refractivity contribution >= 4 is 27.4 Å². The molecule has 1 aliphatic heterocycles. The van der Waals surface area contributed by atoms with Gasteiger partial charge in [-0.05, 0) is 56.5 Å². The van der Waals surface area contributed by atoms with Crippen LogP contribution in [-0.2, 0) is 14.8 Å². The van der Waals surface area contributed by atoms with Gasteiger partial charge in [0.2, 0.25) is 0 Å². The van der Waals surface area contributed by atoms with E-state index in [9.17, 15) is 13.2 Å². The Bertz CT molecular complexity index is 917. The molecule has 1 heterocycles. The predicted octanol–water partition coefficient (Wildman–Crippen LogP) is 3.57. The number of methoxy groups -OCH3 is 1. The maximum atomic E-state index is 13.1. The van der Waals surface area contributed by atoms with Gasteiger partial charge in [-0.25, -0.2) is 13.2 Å². The molecule has 1 fully saturated rings. The van der Waals surface area contributed by atoms with Crippen LogP contribution in [-0.4, -0.2) is 34.6 Å². The molecule has 0 saturated carbocycles. The number of carbonyl (C=O) groups excluding carboxylic acids is 1. The fourth-order valence-electron chi connectivity index (χ4n) is 3.20. The molecule has 27 heavy (non-hydrogen) atoms. The third-order valence-corrected chi connectivity index (χ3v) is 6.08. The number of anilines is 2. The molecule has 3 rings (SSSR count). The second kappa shape index (κ2) is 8.00. The molecule has 1 saturated heterocycles. The predicted molar refractivity (Wildman–Crippen MR) is 106 cm³/mol. The number of piperidine rings is 1. The number of hydrogen-bond acceptors (Lipinski definition) is 5. The Hall–Kier alpha value is -2.54. The minimum absolute atomic E-state index is 0.0906. The molecule has 1 aliphatic rings. The van der Waals surface area contributed by atoms with Crippen molar-refractivity contribution < 1.29 is 17.9 Å². The van der Waals surface area contributed by atoms with E-state index in [-0.39, 0.29) is 10.5 Å². The zero-order chi connectivity index (χ0) is 19.4. The van der Waals surface area contributed by atoms with Crippen molar-refractivity contribution in [3.63, 3.8) is 0 Å². The molecule has 6 nitrogen and oxygen atoms in total. The summed E-state index contributed by atoms with van der Waals surface area (Å²) in [6, 6.07) is 11.8. The number of ether oxygens (including phenoxy) is 1.